The molecule has 0 spiro atoms. The summed E-state index contributed by atoms with van der Waals surface area (Å²) in [5.41, 5.74) is 6.18. The van der Waals surface area contributed by atoms with Gasteiger partial charge in [0, 0.05) is 5.88 Å². The monoisotopic (exact) mass is 275 g/mol. The largest absolute Gasteiger partial charge is 0.504 e. The fourth-order valence-electron chi connectivity index (χ4n) is 1.18. The molecular weight excluding hydrogens is 258 g/mol. The first kappa shape index (κ1) is 16.5. The van der Waals surface area contributed by atoms with Crippen LogP contribution >= 0.6 is 11.6 Å². The molecule has 0 unspecified atom stereocenters. The SMILES string of the molecule is CCCl.COC(=O)[C@@H](N)Cc1ccc(O)c(O)c1. The molecule has 0 radical (unpaired) electrons. The lowest BCUT2D eigenvalue weighted by molar-refractivity contribution is -0.142. The molecule has 1 atom stereocenters. The number of alkyl halides is 1. The highest BCUT2D eigenvalue weighted by Crippen LogP contribution is 2.25. The highest BCUT2D eigenvalue weighted by molar-refractivity contribution is 6.17. The van der Waals surface area contributed by atoms with Crippen LogP contribution in [0.5, 0.6) is 11.5 Å². The number of nitrogens with two attached hydrogens (primary N) is 1. The number of methoxy groups -OCH3 is 1. The molecule has 5 nitrogen and oxygen atoms in total. The van der Waals surface area contributed by atoms with Gasteiger partial charge in [-0.3, -0.25) is 4.79 Å². The first-order valence-corrected chi connectivity index (χ1v) is 5.89. The lowest BCUT2D eigenvalue weighted by Crippen LogP contribution is -2.33. The van der Waals surface area contributed by atoms with Gasteiger partial charge in [0.15, 0.2) is 11.5 Å². The molecule has 0 aliphatic rings. The molecule has 4 N–H and O–H groups in total. The molecule has 102 valence electrons. The van der Waals surface area contributed by atoms with Gasteiger partial charge in [-0.25, -0.2) is 0 Å². The molecule has 1 rings (SSSR count). The van der Waals surface area contributed by atoms with Crippen molar-refractivity contribution in [2.45, 2.75) is 19.4 Å². The zero-order chi connectivity index (χ0) is 14.1. The Balaban J connectivity index is 0.000000873. The van der Waals surface area contributed by atoms with E-state index in [1.807, 2.05) is 6.92 Å². The zero-order valence-corrected chi connectivity index (χ0v) is 11.1. The highest BCUT2D eigenvalue weighted by Gasteiger charge is 2.14. The Morgan fingerprint density at radius 3 is 2.44 bits per heavy atom. The van der Waals surface area contributed by atoms with Crippen LogP contribution in [0, 0.1) is 0 Å². The predicted molar refractivity (Wildman–Crippen MR) is 69.9 cm³/mol. The van der Waals surface area contributed by atoms with E-state index >= 15 is 0 Å². The summed E-state index contributed by atoms with van der Waals surface area (Å²) in [6.07, 6.45) is 0.251. The minimum absolute atomic E-state index is 0.203. The van der Waals surface area contributed by atoms with Crippen molar-refractivity contribution in [1.82, 2.24) is 0 Å². The van der Waals surface area contributed by atoms with Gasteiger partial charge in [0.05, 0.1) is 7.11 Å². The maximum Gasteiger partial charge on any atom is 0.322 e. The number of ether oxygens (including phenoxy) is 1. The molecule has 0 aliphatic carbocycles. The van der Waals surface area contributed by atoms with Gasteiger partial charge in [0.1, 0.15) is 6.04 Å². The summed E-state index contributed by atoms with van der Waals surface area (Å²) in [6.45, 7) is 1.89. The van der Waals surface area contributed by atoms with E-state index in [9.17, 15) is 9.90 Å². The molecule has 0 fully saturated rings. The number of halogens is 1. The summed E-state index contributed by atoms with van der Waals surface area (Å²) >= 11 is 5.00. The minimum Gasteiger partial charge on any atom is -0.504 e. The van der Waals surface area contributed by atoms with E-state index in [-0.39, 0.29) is 17.9 Å². The molecule has 0 saturated heterocycles. The molecule has 1 aromatic carbocycles. The van der Waals surface area contributed by atoms with Crippen molar-refractivity contribution in [2.24, 2.45) is 5.73 Å². The fraction of sp³-hybridized carbons (Fsp3) is 0.417. The summed E-state index contributed by atoms with van der Waals surface area (Å²) in [4.78, 5) is 11.0. The topological polar surface area (TPSA) is 92.8 Å². The van der Waals surface area contributed by atoms with E-state index in [2.05, 4.69) is 4.74 Å². The van der Waals surface area contributed by atoms with Crippen LogP contribution in [0.15, 0.2) is 18.2 Å². The summed E-state index contributed by atoms with van der Waals surface area (Å²) in [6, 6.07) is 3.52. The van der Waals surface area contributed by atoms with Crippen LogP contribution in [0.25, 0.3) is 0 Å². The molecule has 0 bridgehead atoms. The minimum atomic E-state index is -0.765. The van der Waals surface area contributed by atoms with Gasteiger partial charge in [-0.1, -0.05) is 13.0 Å². The molecule has 0 aliphatic heterocycles. The van der Waals surface area contributed by atoms with Crippen molar-refractivity contribution >= 4 is 17.6 Å². The number of carbonyl (C=O) groups is 1. The van der Waals surface area contributed by atoms with Crippen molar-refractivity contribution in [3.05, 3.63) is 23.8 Å². The molecule has 18 heavy (non-hydrogen) atoms. The number of rotatable bonds is 3. The summed E-state index contributed by atoms with van der Waals surface area (Å²) in [5, 5.41) is 18.3. The number of benzene rings is 1. The van der Waals surface area contributed by atoms with Crippen LogP contribution in [-0.2, 0) is 16.0 Å². The average molecular weight is 276 g/mol. The Bertz CT molecular complexity index is 384. The number of hydrogen-bond donors (Lipinski definition) is 3. The molecule has 0 heterocycles. The van der Waals surface area contributed by atoms with E-state index in [0.717, 1.165) is 5.88 Å². The number of phenols is 2. The van der Waals surface area contributed by atoms with E-state index in [1.54, 1.807) is 6.07 Å². The van der Waals surface area contributed by atoms with Crippen LogP contribution in [0.4, 0.5) is 0 Å². The quantitative estimate of drug-likeness (QED) is 0.440. The Morgan fingerprint density at radius 2 is 2.00 bits per heavy atom. The molecular formula is C12H18ClNO4. The molecule has 0 aromatic heterocycles. The summed E-state index contributed by atoms with van der Waals surface area (Å²) in [5.74, 6) is -0.225. The zero-order valence-electron chi connectivity index (χ0n) is 10.4. The highest BCUT2D eigenvalue weighted by atomic mass is 35.5. The number of hydrogen-bond acceptors (Lipinski definition) is 5. The Kier molecular flexibility index (Phi) is 7.91. The second-order valence-electron chi connectivity index (χ2n) is 3.42. The van der Waals surface area contributed by atoms with Gasteiger partial charge in [-0.2, -0.15) is 0 Å². The molecule has 0 saturated carbocycles. The third-order valence-corrected chi connectivity index (χ3v) is 2.00. The van der Waals surface area contributed by atoms with Gasteiger partial charge < -0.3 is 20.7 Å². The third-order valence-electron chi connectivity index (χ3n) is 2.00. The van der Waals surface area contributed by atoms with Crippen molar-refractivity contribution in [3.63, 3.8) is 0 Å². The number of aromatic hydroxyl groups is 2. The normalized spacial score (nSPS) is 11.1. The third kappa shape index (κ3) is 5.75. The van der Waals surface area contributed by atoms with Gasteiger partial charge in [-0.05, 0) is 24.1 Å². The second-order valence-corrected chi connectivity index (χ2v) is 3.96. The second kappa shape index (κ2) is 8.60. The van der Waals surface area contributed by atoms with Crippen molar-refractivity contribution < 1.29 is 19.7 Å². The van der Waals surface area contributed by atoms with Crippen LogP contribution in [0.2, 0.25) is 0 Å². The van der Waals surface area contributed by atoms with Crippen LogP contribution < -0.4 is 5.73 Å². The standard InChI is InChI=1S/C10H13NO4.C2H5Cl/c1-15-10(14)7(11)4-6-2-3-8(12)9(13)5-6;1-2-3/h2-3,5,7,12-13H,4,11H2,1H3;2H2,1H3/t7-;/m0./s1. The summed E-state index contributed by atoms with van der Waals surface area (Å²) in [7, 11) is 1.26. The van der Waals surface area contributed by atoms with Crippen LogP contribution in [0.1, 0.15) is 12.5 Å². The van der Waals surface area contributed by atoms with Gasteiger partial charge in [0.2, 0.25) is 0 Å². The average Bonchev–Trinajstić information content (AvgIpc) is 2.33. The first-order valence-electron chi connectivity index (χ1n) is 5.36. The Hall–Kier alpha value is -1.46. The Morgan fingerprint density at radius 1 is 1.44 bits per heavy atom. The van der Waals surface area contributed by atoms with E-state index in [4.69, 9.17) is 22.4 Å². The van der Waals surface area contributed by atoms with Crippen LogP contribution in [-0.4, -0.2) is 35.2 Å². The van der Waals surface area contributed by atoms with E-state index in [0.29, 0.717) is 5.56 Å². The maximum absolute atomic E-state index is 11.0. The van der Waals surface area contributed by atoms with Crippen molar-refractivity contribution in [2.75, 3.05) is 13.0 Å². The molecule has 0 amide bonds. The lowest BCUT2D eigenvalue weighted by atomic mass is 10.1. The van der Waals surface area contributed by atoms with E-state index < -0.39 is 12.0 Å². The fourth-order valence-corrected chi connectivity index (χ4v) is 1.18. The van der Waals surface area contributed by atoms with Crippen molar-refractivity contribution in [3.8, 4) is 11.5 Å². The van der Waals surface area contributed by atoms with E-state index in [1.165, 1.54) is 19.2 Å². The van der Waals surface area contributed by atoms with Crippen LogP contribution in [0.3, 0.4) is 0 Å². The predicted octanol–water partition coefficient (Wildman–Crippen LogP) is 1.39. The van der Waals surface area contributed by atoms with Crippen molar-refractivity contribution in [1.29, 1.82) is 0 Å². The number of carbonyl (C=O) groups excluding carboxylic acids is 1. The number of phenolic OH excluding ortho intramolecular Hbond substituents is 2. The molecule has 1 aromatic rings. The lowest BCUT2D eigenvalue weighted by Gasteiger charge is -2.09. The van der Waals surface area contributed by atoms with Gasteiger partial charge >= 0.3 is 5.97 Å². The summed E-state index contributed by atoms with van der Waals surface area (Å²) < 4.78 is 4.46. The maximum atomic E-state index is 11.0. The Labute approximate surface area is 111 Å². The smallest absolute Gasteiger partial charge is 0.322 e. The van der Waals surface area contributed by atoms with Gasteiger partial charge in [0.25, 0.3) is 0 Å². The van der Waals surface area contributed by atoms with Gasteiger partial charge in [-0.15, -0.1) is 11.6 Å². The molecule has 6 heteroatoms. The number of esters is 1. The first-order chi connectivity index (χ1) is 8.46.